The van der Waals surface area contributed by atoms with Crippen LogP contribution >= 0.6 is 11.6 Å². The van der Waals surface area contributed by atoms with E-state index in [1.165, 1.54) is 6.07 Å². The number of carbonyl (C=O) groups is 1. The van der Waals surface area contributed by atoms with Crippen molar-refractivity contribution < 1.29 is 18.0 Å². The van der Waals surface area contributed by atoms with Gasteiger partial charge in [-0.05, 0) is 37.0 Å². The van der Waals surface area contributed by atoms with Gasteiger partial charge in [0.1, 0.15) is 11.5 Å². The van der Waals surface area contributed by atoms with Crippen LogP contribution in [0.25, 0.3) is 10.9 Å². The topological polar surface area (TPSA) is 85.9 Å². The number of carbonyl (C=O) groups excluding carboxylic acids is 1. The number of nitrogens with one attached hydrogen (secondary N) is 3. The van der Waals surface area contributed by atoms with Crippen LogP contribution in [0.3, 0.4) is 0 Å². The van der Waals surface area contributed by atoms with E-state index in [-0.39, 0.29) is 12.4 Å². The molecule has 0 radical (unpaired) electrons. The first-order valence-electron chi connectivity index (χ1n) is 10.2. The average molecular weight is 467 g/mol. The summed E-state index contributed by atoms with van der Waals surface area (Å²) in [6, 6.07) is 5.08. The Hall–Kier alpha value is -3.01. The molecule has 3 aromatic rings. The molecule has 0 atom stereocenters. The highest BCUT2D eigenvalue weighted by molar-refractivity contribution is 6.32. The SMILES string of the molecule is CC1CCN(c2nc(C(F)(F)F)ccc2CNC(=O)Nc2cc(Cl)cc3[nH]ncc23)CC1. The number of urea groups is 1. The molecule has 1 saturated heterocycles. The minimum atomic E-state index is -4.54. The third-order valence-corrected chi connectivity index (χ3v) is 5.76. The number of piperidine rings is 1. The van der Waals surface area contributed by atoms with Gasteiger partial charge in [0.15, 0.2) is 0 Å². The number of benzene rings is 1. The largest absolute Gasteiger partial charge is 0.433 e. The third-order valence-electron chi connectivity index (χ3n) is 5.54. The lowest BCUT2D eigenvalue weighted by molar-refractivity contribution is -0.141. The van der Waals surface area contributed by atoms with Crippen LogP contribution in [-0.4, -0.2) is 34.3 Å². The van der Waals surface area contributed by atoms with Crippen molar-refractivity contribution in [3.05, 3.63) is 46.7 Å². The molecule has 4 rings (SSSR count). The van der Waals surface area contributed by atoms with Crippen LogP contribution in [0.15, 0.2) is 30.5 Å². The lowest BCUT2D eigenvalue weighted by atomic mass is 9.99. The Balaban J connectivity index is 1.51. The molecule has 0 saturated carbocycles. The van der Waals surface area contributed by atoms with Crippen LogP contribution < -0.4 is 15.5 Å². The van der Waals surface area contributed by atoms with Gasteiger partial charge in [-0.25, -0.2) is 9.78 Å². The second-order valence-corrected chi connectivity index (χ2v) is 8.38. The number of aromatic nitrogens is 3. The molecule has 1 aliphatic heterocycles. The minimum Gasteiger partial charge on any atom is -0.356 e. The first-order valence-corrected chi connectivity index (χ1v) is 10.6. The molecule has 170 valence electrons. The quantitative estimate of drug-likeness (QED) is 0.494. The van der Waals surface area contributed by atoms with E-state index in [4.69, 9.17) is 11.6 Å². The first kappa shape index (κ1) is 22.2. The van der Waals surface area contributed by atoms with Gasteiger partial charge in [-0.2, -0.15) is 18.3 Å². The van der Waals surface area contributed by atoms with Gasteiger partial charge in [-0.1, -0.05) is 24.6 Å². The molecule has 11 heteroatoms. The number of fused-ring (bicyclic) bond motifs is 1. The Kier molecular flexibility index (Phi) is 6.14. The van der Waals surface area contributed by atoms with Crippen LogP contribution in [0.5, 0.6) is 0 Å². The summed E-state index contributed by atoms with van der Waals surface area (Å²) in [5, 5.41) is 13.2. The Morgan fingerprint density at radius 2 is 2.03 bits per heavy atom. The molecule has 0 spiro atoms. The highest BCUT2D eigenvalue weighted by atomic mass is 35.5. The molecule has 7 nitrogen and oxygen atoms in total. The van der Waals surface area contributed by atoms with Gasteiger partial charge in [0, 0.05) is 35.6 Å². The lowest BCUT2D eigenvalue weighted by Gasteiger charge is -2.33. The molecule has 0 bridgehead atoms. The van der Waals surface area contributed by atoms with Crippen molar-refractivity contribution in [3.8, 4) is 0 Å². The van der Waals surface area contributed by atoms with E-state index in [0.29, 0.717) is 46.2 Å². The number of H-pyrrole nitrogens is 1. The van der Waals surface area contributed by atoms with E-state index in [9.17, 15) is 18.0 Å². The van der Waals surface area contributed by atoms with Gasteiger partial charge in [-0.3, -0.25) is 5.10 Å². The molecule has 2 aromatic heterocycles. The maximum Gasteiger partial charge on any atom is 0.433 e. The van der Waals surface area contributed by atoms with E-state index in [0.717, 1.165) is 18.9 Å². The fourth-order valence-corrected chi connectivity index (χ4v) is 3.95. The number of aromatic amines is 1. The fourth-order valence-electron chi connectivity index (χ4n) is 3.73. The number of nitrogens with zero attached hydrogens (tertiary/aromatic N) is 3. The summed E-state index contributed by atoms with van der Waals surface area (Å²) in [6.07, 6.45) is -1.22. The highest BCUT2D eigenvalue weighted by Gasteiger charge is 2.34. The Labute approximate surface area is 187 Å². The molecule has 1 aliphatic rings. The minimum absolute atomic E-state index is 0.0213. The summed E-state index contributed by atoms with van der Waals surface area (Å²) in [6.45, 7) is 3.38. The predicted octanol–water partition coefficient (Wildman–Crippen LogP) is 5.19. The first-order chi connectivity index (χ1) is 15.2. The number of rotatable bonds is 4. The Morgan fingerprint density at radius 3 is 2.75 bits per heavy atom. The Morgan fingerprint density at radius 1 is 1.28 bits per heavy atom. The molecule has 3 heterocycles. The number of hydrogen-bond acceptors (Lipinski definition) is 4. The maximum absolute atomic E-state index is 13.2. The van der Waals surface area contributed by atoms with Gasteiger partial charge in [0.25, 0.3) is 0 Å². The van der Waals surface area contributed by atoms with Crippen molar-refractivity contribution >= 4 is 40.0 Å². The number of anilines is 2. The predicted molar refractivity (Wildman–Crippen MR) is 117 cm³/mol. The van der Waals surface area contributed by atoms with E-state index >= 15 is 0 Å². The van der Waals surface area contributed by atoms with Gasteiger partial charge < -0.3 is 15.5 Å². The molecule has 1 aromatic carbocycles. The fraction of sp³-hybridized carbons (Fsp3) is 0.381. The van der Waals surface area contributed by atoms with Crippen molar-refractivity contribution in [2.75, 3.05) is 23.3 Å². The van der Waals surface area contributed by atoms with Crippen molar-refractivity contribution in [3.63, 3.8) is 0 Å². The van der Waals surface area contributed by atoms with Crippen LogP contribution in [-0.2, 0) is 12.7 Å². The summed E-state index contributed by atoms with van der Waals surface area (Å²) >= 11 is 6.08. The van der Waals surface area contributed by atoms with Crippen molar-refractivity contribution in [2.45, 2.75) is 32.5 Å². The Bertz CT molecular complexity index is 1120. The summed E-state index contributed by atoms with van der Waals surface area (Å²) in [7, 11) is 0. The molecule has 1 fully saturated rings. The zero-order chi connectivity index (χ0) is 22.9. The van der Waals surface area contributed by atoms with Crippen molar-refractivity contribution in [1.82, 2.24) is 20.5 Å². The van der Waals surface area contributed by atoms with E-state index in [1.54, 1.807) is 18.3 Å². The monoisotopic (exact) mass is 466 g/mol. The van der Waals surface area contributed by atoms with Crippen LogP contribution in [0.2, 0.25) is 5.02 Å². The molecule has 0 aliphatic carbocycles. The third kappa shape index (κ3) is 4.90. The molecular weight excluding hydrogens is 445 g/mol. The standard InChI is InChI=1S/C21H22ClF3N6O/c1-12-4-6-31(7-5-12)19-13(2-3-18(29-19)21(23,24)25)10-26-20(32)28-16-8-14(22)9-17-15(16)11-27-30-17/h2-3,8-9,11-12H,4-7,10H2,1H3,(H,27,30)(H2,26,28,32). The summed E-state index contributed by atoms with van der Waals surface area (Å²) in [4.78, 5) is 18.3. The van der Waals surface area contributed by atoms with E-state index in [2.05, 4.69) is 32.7 Å². The molecule has 3 N–H and O–H groups in total. The maximum atomic E-state index is 13.2. The number of alkyl halides is 3. The lowest BCUT2D eigenvalue weighted by Crippen LogP contribution is -2.35. The number of pyridine rings is 1. The van der Waals surface area contributed by atoms with Gasteiger partial charge in [-0.15, -0.1) is 0 Å². The average Bonchev–Trinajstić information content (AvgIpc) is 3.21. The second-order valence-electron chi connectivity index (χ2n) is 7.94. The summed E-state index contributed by atoms with van der Waals surface area (Å²) in [5.41, 5.74) is 0.707. The molecule has 0 unspecified atom stereocenters. The van der Waals surface area contributed by atoms with E-state index in [1.807, 2.05) is 4.90 Å². The van der Waals surface area contributed by atoms with Crippen LogP contribution in [0, 0.1) is 5.92 Å². The number of hydrogen-bond donors (Lipinski definition) is 3. The molecular formula is C21H22ClF3N6O. The van der Waals surface area contributed by atoms with Gasteiger partial charge in [0.2, 0.25) is 0 Å². The van der Waals surface area contributed by atoms with Gasteiger partial charge >= 0.3 is 12.2 Å². The van der Waals surface area contributed by atoms with Crippen LogP contribution in [0.4, 0.5) is 29.5 Å². The summed E-state index contributed by atoms with van der Waals surface area (Å²) < 4.78 is 39.7. The van der Waals surface area contributed by atoms with E-state index < -0.39 is 17.9 Å². The van der Waals surface area contributed by atoms with Crippen LogP contribution in [0.1, 0.15) is 31.0 Å². The normalized spacial score (nSPS) is 15.2. The molecule has 2 amide bonds. The smallest absolute Gasteiger partial charge is 0.356 e. The second kappa shape index (κ2) is 8.85. The zero-order valence-electron chi connectivity index (χ0n) is 17.3. The summed E-state index contributed by atoms with van der Waals surface area (Å²) in [5.74, 6) is 0.772. The van der Waals surface area contributed by atoms with Crippen molar-refractivity contribution in [2.24, 2.45) is 5.92 Å². The highest BCUT2D eigenvalue weighted by Crippen LogP contribution is 2.32. The molecule has 32 heavy (non-hydrogen) atoms. The number of amides is 2. The number of halogens is 4. The van der Waals surface area contributed by atoms with Gasteiger partial charge in [0.05, 0.1) is 17.4 Å². The zero-order valence-corrected chi connectivity index (χ0v) is 18.0. The van der Waals surface area contributed by atoms with Crippen molar-refractivity contribution in [1.29, 1.82) is 0 Å².